The molecule has 0 unspecified atom stereocenters. The Morgan fingerprint density at radius 2 is 1.60 bits per heavy atom. The highest BCUT2D eigenvalue weighted by Crippen LogP contribution is 2.43. The lowest BCUT2D eigenvalue weighted by atomic mass is 9.94. The molecule has 0 bridgehead atoms. The van der Waals surface area contributed by atoms with Crippen molar-refractivity contribution in [2.75, 3.05) is 6.61 Å². The molecule has 5 heteroatoms. The number of benzene rings is 2. The van der Waals surface area contributed by atoms with Gasteiger partial charge in [0.15, 0.2) is 0 Å². The number of thioether (sulfide) groups is 1. The summed E-state index contributed by atoms with van der Waals surface area (Å²) in [4.78, 5) is 0. The van der Waals surface area contributed by atoms with Gasteiger partial charge in [-0.3, -0.25) is 0 Å². The molecule has 1 aliphatic heterocycles. The summed E-state index contributed by atoms with van der Waals surface area (Å²) in [6, 6.07) is 16.2. The van der Waals surface area contributed by atoms with Crippen LogP contribution in [0.15, 0.2) is 48.5 Å². The predicted octanol–water partition coefficient (Wildman–Crippen LogP) is 2.15. The van der Waals surface area contributed by atoms with Crippen molar-refractivity contribution in [3.8, 4) is 11.1 Å². The zero-order chi connectivity index (χ0) is 18.0. The van der Waals surface area contributed by atoms with Gasteiger partial charge in [-0.05, 0) is 34.7 Å². The smallest absolute Gasteiger partial charge is 0.108 e. The molecule has 0 aromatic heterocycles. The van der Waals surface area contributed by atoms with Gasteiger partial charge < -0.3 is 20.4 Å². The van der Waals surface area contributed by atoms with E-state index in [-0.39, 0.29) is 6.61 Å². The molecule has 4 N–H and O–H groups in total. The zero-order valence-corrected chi connectivity index (χ0v) is 14.9. The molecule has 25 heavy (non-hydrogen) atoms. The lowest BCUT2D eigenvalue weighted by Crippen LogP contribution is -2.51. The standard InChI is InChI=1S/C20H24O4S/c1-2-12-6-8-13(9-7-12)14-4-3-5-15(10-14)20-19(24)18(23)17(22)16(11-21)25-20/h3-10,16-24H,2,11H2,1H3/t16-,17-,18+,19-,20+/m1/s1. The fraction of sp³-hybridized carbons (Fsp3) is 0.400. The first-order chi connectivity index (χ1) is 12.0. The Hall–Kier alpha value is -1.37. The van der Waals surface area contributed by atoms with Crippen molar-refractivity contribution in [2.45, 2.75) is 42.2 Å². The van der Waals surface area contributed by atoms with Crippen molar-refractivity contribution < 1.29 is 20.4 Å². The minimum Gasteiger partial charge on any atom is -0.395 e. The second kappa shape index (κ2) is 7.89. The zero-order valence-electron chi connectivity index (χ0n) is 14.1. The highest BCUT2D eigenvalue weighted by atomic mass is 32.2. The van der Waals surface area contributed by atoms with Gasteiger partial charge in [0.05, 0.1) is 29.3 Å². The van der Waals surface area contributed by atoms with Crippen molar-refractivity contribution in [1.29, 1.82) is 0 Å². The summed E-state index contributed by atoms with van der Waals surface area (Å²) < 4.78 is 0. The summed E-state index contributed by atoms with van der Waals surface area (Å²) in [6.07, 6.45) is -2.49. The third-order valence-corrected chi connectivity index (χ3v) is 6.42. The molecule has 0 spiro atoms. The van der Waals surface area contributed by atoms with Crippen LogP contribution in [0.1, 0.15) is 23.3 Å². The fourth-order valence-electron chi connectivity index (χ4n) is 3.21. The molecule has 0 saturated carbocycles. The van der Waals surface area contributed by atoms with Crippen molar-refractivity contribution in [2.24, 2.45) is 0 Å². The van der Waals surface area contributed by atoms with Gasteiger partial charge in [0.2, 0.25) is 0 Å². The van der Waals surface area contributed by atoms with E-state index in [1.54, 1.807) is 0 Å². The van der Waals surface area contributed by atoms with Gasteiger partial charge >= 0.3 is 0 Å². The highest BCUT2D eigenvalue weighted by molar-refractivity contribution is 8.00. The van der Waals surface area contributed by atoms with Crippen LogP contribution in [-0.2, 0) is 6.42 Å². The van der Waals surface area contributed by atoms with E-state index < -0.39 is 28.8 Å². The minimum atomic E-state index is -1.27. The lowest BCUT2D eigenvalue weighted by molar-refractivity contribution is -0.0700. The largest absolute Gasteiger partial charge is 0.395 e. The number of rotatable bonds is 4. The molecule has 134 valence electrons. The Kier molecular flexibility index (Phi) is 5.81. The maximum Gasteiger partial charge on any atom is 0.108 e. The molecule has 0 amide bonds. The van der Waals surface area contributed by atoms with E-state index in [9.17, 15) is 20.4 Å². The van der Waals surface area contributed by atoms with Gasteiger partial charge in [-0.25, -0.2) is 0 Å². The van der Waals surface area contributed by atoms with Gasteiger partial charge in [-0.15, -0.1) is 11.8 Å². The van der Waals surface area contributed by atoms with E-state index in [1.165, 1.54) is 17.3 Å². The first-order valence-electron chi connectivity index (χ1n) is 8.55. The van der Waals surface area contributed by atoms with E-state index in [4.69, 9.17) is 0 Å². The van der Waals surface area contributed by atoms with Crippen LogP contribution in [0.4, 0.5) is 0 Å². The molecule has 5 atom stereocenters. The van der Waals surface area contributed by atoms with Crippen molar-refractivity contribution >= 4 is 11.8 Å². The topological polar surface area (TPSA) is 80.9 Å². The second-order valence-electron chi connectivity index (χ2n) is 6.43. The minimum absolute atomic E-state index is 0.246. The van der Waals surface area contributed by atoms with Gasteiger partial charge in [0.25, 0.3) is 0 Å². The molecule has 1 heterocycles. The number of aliphatic hydroxyl groups excluding tert-OH is 4. The number of hydrogen-bond donors (Lipinski definition) is 4. The van der Waals surface area contributed by atoms with Crippen molar-refractivity contribution in [3.05, 3.63) is 59.7 Å². The van der Waals surface area contributed by atoms with Crippen LogP contribution in [0.3, 0.4) is 0 Å². The van der Waals surface area contributed by atoms with Gasteiger partial charge in [0.1, 0.15) is 6.10 Å². The monoisotopic (exact) mass is 360 g/mol. The molecular weight excluding hydrogens is 336 g/mol. The molecule has 4 nitrogen and oxygen atoms in total. The van der Waals surface area contributed by atoms with Gasteiger partial charge in [-0.2, -0.15) is 0 Å². The van der Waals surface area contributed by atoms with Gasteiger partial charge in [-0.1, -0.05) is 49.4 Å². The highest BCUT2D eigenvalue weighted by Gasteiger charge is 2.43. The van der Waals surface area contributed by atoms with E-state index >= 15 is 0 Å². The Labute approximate surface area is 152 Å². The van der Waals surface area contributed by atoms with Crippen LogP contribution < -0.4 is 0 Å². The molecule has 3 rings (SSSR count). The first kappa shape index (κ1) is 18.4. The van der Waals surface area contributed by atoms with E-state index in [2.05, 4.69) is 31.2 Å². The van der Waals surface area contributed by atoms with Crippen LogP contribution in [-0.4, -0.2) is 50.6 Å². The maximum absolute atomic E-state index is 10.4. The summed E-state index contributed by atoms with van der Waals surface area (Å²) in [6.45, 7) is 1.87. The molecule has 2 aromatic carbocycles. The molecular formula is C20H24O4S. The second-order valence-corrected chi connectivity index (χ2v) is 7.81. The average Bonchev–Trinajstić information content (AvgIpc) is 2.66. The van der Waals surface area contributed by atoms with Crippen LogP contribution in [0.2, 0.25) is 0 Å². The number of aliphatic hydroxyl groups is 4. The fourth-order valence-corrected chi connectivity index (χ4v) is 4.62. The van der Waals surface area contributed by atoms with E-state index in [1.807, 2.05) is 24.3 Å². The number of aryl methyl sites for hydroxylation is 1. The van der Waals surface area contributed by atoms with Gasteiger partial charge in [0, 0.05) is 0 Å². The lowest BCUT2D eigenvalue weighted by Gasteiger charge is -2.39. The molecule has 0 aliphatic carbocycles. The Morgan fingerprint density at radius 3 is 2.24 bits per heavy atom. The third kappa shape index (κ3) is 3.76. The predicted molar refractivity (Wildman–Crippen MR) is 100 cm³/mol. The Bertz CT molecular complexity index is 701. The number of hydrogen-bond acceptors (Lipinski definition) is 5. The summed E-state index contributed by atoms with van der Waals surface area (Å²) in [5.74, 6) is 0. The normalized spacial score (nSPS) is 29.6. The summed E-state index contributed by atoms with van der Waals surface area (Å²) in [7, 11) is 0. The molecule has 1 saturated heterocycles. The van der Waals surface area contributed by atoms with E-state index in [0.29, 0.717) is 0 Å². The quantitative estimate of drug-likeness (QED) is 0.672. The summed E-state index contributed by atoms with van der Waals surface area (Å²) in [5.41, 5.74) is 4.28. The van der Waals surface area contributed by atoms with Crippen LogP contribution in [0.25, 0.3) is 11.1 Å². The Balaban J connectivity index is 1.89. The molecule has 2 aromatic rings. The SMILES string of the molecule is CCc1ccc(-c2cccc([C@@H]3S[C@H](CO)[C@@H](O)[C@H](O)[C@H]3O)c2)cc1. The molecule has 1 fully saturated rings. The van der Waals surface area contributed by atoms with Crippen LogP contribution in [0, 0.1) is 0 Å². The molecule has 0 radical (unpaired) electrons. The van der Waals surface area contributed by atoms with Crippen LogP contribution >= 0.6 is 11.8 Å². The maximum atomic E-state index is 10.4. The average molecular weight is 360 g/mol. The van der Waals surface area contributed by atoms with Crippen LogP contribution in [0.5, 0.6) is 0 Å². The van der Waals surface area contributed by atoms with Crippen molar-refractivity contribution in [3.63, 3.8) is 0 Å². The Morgan fingerprint density at radius 1 is 0.880 bits per heavy atom. The summed E-state index contributed by atoms with van der Waals surface area (Å²) >= 11 is 1.30. The summed E-state index contributed by atoms with van der Waals surface area (Å²) in [5, 5.41) is 39.0. The van der Waals surface area contributed by atoms with E-state index in [0.717, 1.165) is 23.1 Å². The first-order valence-corrected chi connectivity index (χ1v) is 9.49. The third-order valence-electron chi connectivity index (χ3n) is 4.80. The van der Waals surface area contributed by atoms with Crippen molar-refractivity contribution in [1.82, 2.24) is 0 Å². The molecule has 1 aliphatic rings.